The maximum atomic E-state index is 8.80. The van der Waals surface area contributed by atoms with E-state index in [1.807, 2.05) is 0 Å². The van der Waals surface area contributed by atoms with Crippen LogP contribution in [0.25, 0.3) is 0 Å². The molecule has 0 radical (unpaired) electrons. The van der Waals surface area contributed by atoms with E-state index < -0.39 is 17.6 Å². The fraction of sp³-hybridized carbons (Fsp3) is 1.00. The summed E-state index contributed by atoms with van der Waals surface area (Å²) in [6, 6.07) is 0. The van der Waals surface area contributed by atoms with Gasteiger partial charge in [0.05, 0.1) is 0 Å². The highest BCUT2D eigenvalue weighted by Crippen LogP contribution is 2.00. The monoisotopic (exact) mass is 168 g/mol. The Balaban J connectivity index is 3.82. The minimum absolute atomic E-state index is 1.31. The summed E-state index contributed by atoms with van der Waals surface area (Å²) in [7, 11) is 0.662. The highest BCUT2D eigenvalue weighted by molar-refractivity contribution is 7.11. The molecule has 0 aliphatic carbocycles. The summed E-state index contributed by atoms with van der Waals surface area (Å²) in [5.74, 6) is 0. The van der Waals surface area contributed by atoms with Crippen LogP contribution in [0.4, 0.5) is 0 Å². The quantitative estimate of drug-likeness (QED) is 0.516. The summed E-state index contributed by atoms with van der Waals surface area (Å²) in [6.45, 7) is 0. The second-order valence-electron chi connectivity index (χ2n) is 1.45. The predicted molar refractivity (Wildman–Crippen MR) is 37.5 cm³/mol. The lowest BCUT2D eigenvalue weighted by molar-refractivity contribution is 0.144. The van der Waals surface area contributed by atoms with Gasteiger partial charge in [-0.2, -0.15) is 0 Å². The van der Waals surface area contributed by atoms with E-state index in [0.29, 0.717) is 0 Å². The van der Waals surface area contributed by atoms with Crippen LogP contribution in [-0.2, 0) is 13.3 Å². The van der Waals surface area contributed by atoms with Crippen molar-refractivity contribution in [2.75, 3.05) is 21.3 Å². The van der Waals surface area contributed by atoms with E-state index in [1.165, 1.54) is 21.3 Å². The number of hydrogen-bond acceptors (Lipinski definition) is 4. The van der Waals surface area contributed by atoms with E-state index >= 15 is 0 Å². The van der Waals surface area contributed by atoms with Crippen LogP contribution >= 0.6 is 0 Å². The van der Waals surface area contributed by atoms with Gasteiger partial charge in [0.2, 0.25) is 9.28 Å². The highest BCUT2D eigenvalue weighted by atomic mass is 29.2. The van der Waals surface area contributed by atoms with Gasteiger partial charge in [-0.1, -0.05) is 0 Å². The summed E-state index contributed by atoms with van der Waals surface area (Å²) in [5, 5.41) is 0. The van der Waals surface area contributed by atoms with E-state index in [1.54, 1.807) is 0 Å². The van der Waals surface area contributed by atoms with Crippen molar-refractivity contribution < 1.29 is 18.1 Å². The van der Waals surface area contributed by atoms with Crippen molar-refractivity contribution in [3.05, 3.63) is 0 Å². The summed E-state index contributed by atoms with van der Waals surface area (Å²) in [4.78, 5) is 8.80. The van der Waals surface area contributed by atoms with Gasteiger partial charge in [-0.25, -0.2) is 0 Å². The van der Waals surface area contributed by atoms with Crippen molar-refractivity contribution in [1.82, 2.24) is 0 Å². The van der Waals surface area contributed by atoms with Crippen LogP contribution in [0.3, 0.4) is 0 Å². The van der Waals surface area contributed by atoms with Crippen molar-refractivity contribution in [2.24, 2.45) is 0 Å². The van der Waals surface area contributed by atoms with Crippen molar-refractivity contribution in [1.29, 1.82) is 0 Å². The van der Waals surface area contributed by atoms with Crippen LogP contribution in [0.2, 0.25) is 0 Å². The van der Waals surface area contributed by atoms with Crippen LogP contribution in [-0.4, -0.2) is 43.7 Å². The Morgan fingerprint density at radius 3 is 1.44 bits per heavy atom. The van der Waals surface area contributed by atoms with E-state index in [2.05, 4.69) is 0 Å². The van der Waals surface area contributed by atoms with Gasteiger partial charge >= 0.3 is 8.32 Å². The maximum absolute atomic E-state index is 8.80. The highest BCUT2D eigenvalue weighted by Gasteiger charge is 2.36. The van der Waals surface area contributed by atoms with Gasteiger partial charge in [0.15, 0.2) is 0 Å². The Hall–Kier alpha value is 0.274. The molecule has 56 valence electrons. The zero-order valence-corrected chi connectivity index (χ0v) is 8.29. The van der Waals surface area contributed by atoms with Gasteiger partial charge in [-0.05, 0) is 0 Å². The standard InChI is InChI=1S/C3H12O4Si2/c1-5-9(6-2,7-3)8-4/h4H,8H2,1-3H3. The molecule has 4 nitrogen and oxygen atoms in total. The second-order valence-corrected chi connectivity index (χ2v) is 7.91. The van der Waals surface area contributed by atoms with Crippen molar-refractivity contribution in [3.63, 3.8) is 0 Å². The van der Waals surface area contributed by atoms with Crippen LogP contribution in [0.15, 0.2) is 0 Å². The minimum Gasteiger partial charge on any atom is -0.433 e. The molecule has 0 aromatic carbocycles. The second kappa shape index (κ2) is 4.15. The Bertz CT molecular complexity index is 56.7. The van der Waals surface area contributed by atoms with Gasteiger partial charge in [-0.3, -0.25) is 0 Å². The van der Waals surface area contributed by atoms with Gasteiger partial charge < -0.3 is 18.1 Å². The SMILES string of the molecule is CO[Si](OC)(OC)[SiH2]O. The molecule has 0 fully saturated rings. The average molecular weight is 168 g/mol. The zero-order valence-electron chi connectivity index (χ0n) is 5.88. The molecule has 6 heteroatoms. The lowest BCUT2D eigenvalue weighted by atomic mass is 11.8. The Kier molecular flexibility index (Phi) is 4.27. The Morgan fingerprint density at radius 2 is 1.44 bits per heavy atom. The van der Waals surface area contributed by atoms with Crippen molar-refractivity contribution in [2.45, 2.75) is 0 Å². The molecule has 0 aliphatic heterocycles. The first-order valence-corrected chi connectivity index (χ1v) is 7.19. The minimum atomic E-state index is -2.50. The van der Waals surface area contributed by atoms with E-state index in [9.17, 15) is 0 Å². The molecule has 0 amide bonds. The van der Waals surface area contributed by atoms with Crippen LogP contribution in [0.5, 0.6) is 0 Å². The first-order chi connectivity index (χ1) is 4.24. The molecule has 0 rings (SSSR count). The fourth-order valence-corrected chi connectivity index (χ4v) is 2.49. The molecule has 0 unspecified atom stereocenters. The molecular formula is C3H12O4Si2. The Labute approximate surface area is 57.8 Å². The summed E-state index contributed by atoms with van der Waals surface area (Å²) >= 11 is 0. The first-order valence-electron chi connectivity index (χ1n) is 2.51. The lowest BCUT2D eigenvalue weighted by Gasteiger charge is -2.21. The smallest absolute Gasteiger partial charge is 0.433 e. The number of hydrogen-bond donors (Lipinski definition) is 1. The number of rotatable bonds is 4. The molecule has 0 saturated carbocycles. The van der Waals surface area contributed by atoms with Crippen LogP contribution < -0.4 is 0 Å². The van der Waals surface area contributed by atoms with Crippen LogP contribution in [0.1, 0.15) is 0 Å². The summed E-state index contributed by atoms with van der Waals surface area (Å²) in [5.41, 5.74) is 0. The zero-order chi connectivity index (χ0) is 7.33. The molecule has 0 spiro atoms. The molecular weight excluding hydrogens is 156 g/mol. The molecule has 0 heterocycles. The predicted octanol–water partition coefficient (Wildman–Crippen LogP) is -1.56. The Morgan fingerprint density at radius 1 is 1.11 bits per heavy atom. The topological polar surface area (TPSA) is 47.9 Å². The molecule has 0 aliphatic rings. The van der Waals surface area contributed by atoms with Crippen molar-refractivity contribution in [3.8, 4) is 0 Å². The van der Waals surface area contributed by atoms with Gasteiger partial charge in [-0.15, -0.1) is 0 Å². The van der Waals surface area contributed by atoms with Gasteiger partial charge in [0, 0.05) is 21.3 Å². The third-order valence-electron chi connectivity index (χ3n) is 1.13. The fourth-order valence-electron chi connectivity index (χ4n) is 0.444. The maximum Gasteiger partial charge on any atom is 0.494 e. The normalized spacial score (nSPS) is 13.3. The molecule has 0 aromatic heterocycles. The molecule has 0 saturated heterocycles. The van der Waals surface area contributed by atoms with Crippen molar-refractivity contribution >= 4 is 17.6 Å². The first kappa shape index (κ1) is 9.27. The van der Waals surface area contributed by atoms with Gasteiger partial charge in [0.25, 0.3) is 0 Å². The molecule has 0 bridgehead atoms. The van der Waals surface area contributed by atoms with Crippen LogP contribution in [0, 0.1) is 0 Å². The van der Waals surface area contributed by atoms with Gasteiger partial charge in [0.1, 0.15) is 0 Å². The molecule has 1 N–H and O–H groups in total. The van der Waals surface area contributed by atoms with E-state index in [4.69, 9.17) is 18.1 Å². The third-order valence-corrected chi connectivity index (χ3v) is 7.14. The molecule has 0 aromatic rings. The lowest BCUT2D eigenvalue weighted by Crippen LogP contribution is -2.49. The summed E-state index contributed by atoms with van der Waals surface area (Å²) in [6.07, 6.45) is 0. The third kappa shape index (κ3) is 2.16. The molecule has 9 heavy (non-hydrogen) atoms. The largest absolute Gasteiger partial charge is 0.494 e. The summed E-state index contributed by atoms with van der Waals surface area (Å²) < 4.78 is 14.7. The average Bonchev–Trinajstić information content (AvgIpc) is 1.95. The molecule has 0 atom stereocenters. The van der Waals surface area contributed by atoms with E-state index in [-0.39, 0.29) is 0 Å². The van der Waals surface area contributed by atoms with E-state index in [0.717, 1.165) is 0 Å².